The van der Waals surface area contributed by atoms with E-state index < -0.39 is 0 Å². The normalized spacial score (nSPS) is 18.3. The van der Waals surface area contributed by atoms with Crippen LogP contribution < -0.4 is 15.5 Å². The molecule has 0 radical (unpaired) electrons. The van der Waals surface area contributed by atoms with Gasteiger partial charge >= 0.3 is 0 Å². The number of pyridine rings is 1. The zero-order chi connectivity index (χ0) is 21.0. The largest absolute Gasteiger partial charge is 0.356 e. The summed E-state index contributed by atoms with van der Waals surface area (Å²) in [5, 5.41) is 7.70. The maximum absolute atomic E-state index is 6.19. The molecule has 168 valence electrons. The molecular weight excluding hydrogens is 523 g/mol. The summed E-state index contributed by atoms with van der Waals surface area (Å²) in [6.07, 6.45) is 4.31. The number of rotatable bonds is 6. The van der Waals surface area contributed by atoms with Gasteiger partial charge in [-0.25, -0.2) is 4.98 Å². The lowest BCUT2D eigenvalue weighted by Gasteiger charge is -2.33. The number of anilines is 1. The van der Waals surface area contributed by atoms with Gasteiger partial charge in [-0.1, -0.05) is 29.8 Å². The Morgan fingerprint density at radius 1 is 1.13 bits per heavy atom. The van der Waals surface area contributed by atoms with Gasteiger partial charge in [0.1, 0.15) is 5.82 Å². The number of piperazine rings is 1. The minimum Gasteiger partial charge on any atom is -0.356 e. The third kappa shape index (κ3) is 6.23. The van der Waals surface area contributed by atoms with Crippen LogP contribution in [0.5, 0.6) is 0 Å². The second-order valence-electron chi connectivity index (χ2n) is 8.38. The van der Waals surface area contributed by atoms with Gasteiger partial charge in [0.05, 0.1) is 0 Å². The van der Waals surface area contributed by atoms with E-state index in [-0.39, 0.29) is 29.4 Å². The zero-order valence-corrected chi connectivity index (χ0v) is 21.4. The van der Waals surface area contributed by atoms with Gasteiger partial charge in [-0.05, 0) is 49.2 Å². The highest BCUT2D eigenvalue weighted by Crippen LogP contribution is 2.48. The molecule has 1 saturated heterocycles. The Labute approximate surface area is 207 Å². The van der Waals surface area contributed by atoms with Gasteiger partial charge in [0.25, 0.3) is 0 Å². The predicted octanol–water partition coefficient (Wildman–Crippen LogP) is 3.50. The number of hydrogen-bond acceptors (Lipinski definition) is 4. The monoisotopic (exact) mass is 554 g/mol. The predicted molar refractivity (Wildman–Crippen MR) is 140 cm³/mol. The van der Waals surface area contributed by atoms with Crippen molar-refractivity contribution in [1.82, 2.24) is 20.5 Å². The molecule has 31 heavy (non-hydrogen) atoms. The number of aromatic nitrogens is 1. The summed E-state index contributed by atoms with van der Waals surface area (Å²) < 4.78 is 0. The second-order valence-corrected chi connectivity index (χ2v) is 8.82. The number of aliphatic imine (C=N–C) groups is 1. The van der Waals surface area contributed by atoms with Crippen LogP contribution in [0.25, 0.3) is 0 Å². The lowest BCUT2D eigenvalue weighted by Crippen LogP contribution is -2.44. The van der Waals surface area contributed by atoms with Crippen molar-refractivity contribution < 1.29 is 0 Å². The molecular formula is C23H32ClIN6. The molecule has 2 aliphatic rings. The van der Waals surface area contributed by atoms with Crippen LogP contribution in [0.4, 0.5) is 5.82 Å². The fourth-order valence-corrected chi connectivity index (χ4v) is 4.13. The van der Waals surface area contributed by atoms with E-state index in [1.54, 1.807) is 0 Å². The Morgan fingerprint density at radius 2 is 1.90 bits per heavy atom. The maximum Gasteiger partial charge on any atom is 0.191 e. The standard InChI is InChI=1S/C23H31ClN6.HI/c1-25-22(28-17-23(8-9-23)19-4-3-5-20(24)14-19)27-16-18-6-7-21(26-15-18)30-12-10-29(2)11-13-30;/h3-7,14-15H,8-13,16-17H2,1-2H3,(H2,25,27,28);1H. The molecule has 2 fully saturated rings. The van der Waals surface area contributed by atoms with E-state index in [4.69, 9.17) is 11.6 Å². The van der Waals surface area contributed by atoms with Crippen molar-refractivity contribution >= 4 is 47.4 Å². The summed E-state index contributed by atoms with van der Waals surface area (Å²) in [4.78, 5) is 13.7. The minimum absolute atomic E-state index is 0. The van der Waals surface area contributed by atoms with Gasteiger partial charge in [0.15, 0.2) is 5.96 Å². The second kappa shape index (κ2) is 10.8. The summed E-state index contributed by atoms with van der Waals surface area (Å²) in [7, 11) is 3.98. The highest BCUT2D eigenvalue weighted by atomic mass is 127. The Bertz CT molecular complexity index is 876. The molecule has 1 aromatic carbocycles. The van der Waals surface area contributed by atoms with E-state index in [2.05, 4.69) is 61.7 Å². The molecule has 1 saturated carbocycles. The van der Waals surface area contributed by atoms with E-state index >= 15 is 0 Å². The van der Waals surface area contributed by atoms with Crippen LogP contribution >= 0.6 is 35.6 Å². The quantitative estimate of drug-likeness (QED) is 0.325. The molecule has 8 heteroatoms. The SMILES string of the molecule is CN=C(NCc1ccc(N2CCN(C)CC2)nc1)NCC1(c2cccc(Cl)c2)CC1.I. The summed E-state index contributed by atoms with van der Waals surface area (Å²) in [6.45, 7) is 5.79. The number of likely N-dealkylation sites (N-methyl/N-ethyl adjacent to an activating group) is 1. The van der Waals surface area contributed by atoms with Crippen LogP contribution in [0.3, 0.4) is 0 Å². The van der Waals surface area contributed by atoms with E-state index in [1.165, 1.54) is 18.4 Å². The fourth-order valence-electron chi connectivity index (χ4n) is 3.94. The number of nitrogens with zero attached hydrogens (tertiary/aromatic N) is 4. The Morgan fingerprint density at radius 3 is 2.52 bits per heavy atom. The van der Waals surface area contributed by atoms with Gasteiger partial charge in [-0.3, -0.25) is 4.99 Å². The highest BCUT2D eigenvalue weighted by Gasteiger charge is 2.44. The van der Waals surface area contributed by atoms with Crippen LogP contribution in [-0.4, -0.2) is 62.7 Å². The minimum atomic E-state index is 0. The van der Waals surface area contributed by atoms with Crippen molar-refractivity contribution in [3.05, 3.63) is 58.7 Å². The number of hydrogen-bond donors (Lipinski definition) is 2. The molecule has 0 bridgehead atoms. The first-order valence-corrected chi connectivity index (χ1v) is 11.0. The molecule has 0 spiro atoms. The average molecular weight is 555 g/mol. The van der Waals surface area contributed by atoms with Gasteiger partial charge in [-0.15, -0.1) is 24.0 Å². The van der Waals surface area contributed by atoms with Crippen LogP contribution in [0.2, 0.25) is 5.02 Å². The van der Waals surface area contributed by atoms with Crippen LogP contribution in [0, 0.1) is 0 Å². The molecule has 1 aliphatic heterocycles. The molecule has 2 heterocycles. The van der Waals surface area contributed by atoms with E-state index in [9.17, 15) is 0 Å². The Kier molecular flexibility index (Phi) is 8.41. The van der Waals surface area contributed by atoms with Gasteiger partial charge in [-0.2, -0.15) is 0 Å². The molecule has 0 unspecified atom stereocenters. The summed E-state index contributed by atoms with van der Waals surface area (Å²) in [6, 6.07) is 12.5. The van der Waals surface area contributed by atoms with Crippen LogP contribution in [0.1, 0.15) is 24.0 Å². The topological polar surface area (TPSA) is 55.8 Å². The molecule has 0 amide bonds. The van der Waals surface area contributed by atoms with Crippen molar-refractivity contribution in [2.45, 2.75) is 24.8 Å². The van der Waals surface area contributed by atoms with Crippen molar-refractivity contribution in [3.63, 3.8) is 0 Å². The number of halogens is 2. The van der Waals surface area contributed by atoms with Crippen LogP contribution in [-0.2, 0) is 12.0 Å². The summed E-state index contributed by atoms with van der Waals surface area (Å²) >= 11 is 6.19. The van der Waals surface area contributed by atoms with Crippen molar-refractivity contribution in [2.75, 3.05) is 51.7 Å². The summed E-state index contributed by atoms with van der Waals surface area (Å²) in [5.41, 5.74) is 2.63. The Balaban J connectivity index is 0.00000272. The Hall–Kier alpha value is -1.58. The van der Waals surface area contributed by atoms with Crippen LogP contribution in [0.15, 0.2) is 47.6 Å². The van der Waals surface area contributed by atoms with Crippen molar-refractivity contribution in [3.8, 4) is 0 Å². The van der Waals surface area contributed by atoms with Crippen molar-refractivity contribution in [1.29, 1.82) is 0 Å². The number of benzene rings is 1. The third-order valence-corrected chi connectivity index (χ3v) is 6.44. The zero-order valence-electron chi connectivity index (χ0n) is 18.3. The molecule has 1 aromatic heterocycles. The van der Waals surface area contributed by atoms with Gasteiger partial charge < -0.3 is 20.4 Å². The molecule has 2 N–H and O–H groups in total. The summed E-state index contributed by atoms with van der Waals surface area (Å²) in [5.74, 6) is 1.87. The van der Waals surface area contributed by atoms with Gasteiger partial charge in [0, 0.05) is 63.0 Å². The maximum atomic E-state index is 6.19. The fraction of sp³-hybridized carbons (Fsp3) is 0.478. The van der Waals surface area contributed by atoms with E-state index in [1.807, 2.05) is 25.4 Å². The molecule has 4 rings (SSSR count). The molecule has 2 aromatic rings. The van der Waals surface area contributed by atoms with Gasteiger partial charge in [0.2, 0.25) is 0 Å². The smallest absolute Gasteiger partial charge is 0.191 e. The number of nitrogens with one attached hydrogen (secondary N) is 2. The lowest BCUT2D eigenvalue weighted by molar-refractivity contribution is 0.312. The third-order valence-electron chi connectivity index (χ3n) is 6.20. The average Bonchev–Trinajstić information content (AvgIpc) is 3.56. The molecule has 6 nitrogen and oxygen atoms in total. The van der Waals surface area contributed by atoms with Crippen molar-refractivity contribution in [2.24, 2.45) is 4.99 Å². The number of guanidine groups is 1. The van der Waals surface area contributed by atoms with E-state index in [0.717, 1.165) is 55.1 Å². The highest BCUT2D eigenvalue weighted by molar-refractivity contribution is 14.0. The first-order chi connectivity index (χ1) is 14.6. The first kappa shape index (κ1) is 24.1. The van der Waals surface area contributed by atoms with E-state index in [0.29, 0.717) is 6.54 Å². The molecule has 0 atom stereocenters. The molecule has 1 aliphatic carbocycles. The first-order valence-electron chi connectivity index (χ1n) is 10.7. The lowest BCUT2D eigenvalue weighted by atomic mass is 9.96.